The van der Waals surface area contributed by atoms with Crippen LogP contribution in [-0.4, -0.2) is 35.0 Å². The number of methoxy groups -OCH3 is 2. The molecule has 1 aromatic carbocycles. The monoisotopic (exact) mass is 314 g/mol. The van der Waals surface area contributed by atoms with Crippen LogP contribution in [0.1, 0.15) is 20.3 Å². The lowest BCUT2D eigenvalue weighted by Gasteiger charge is -2.18. The third-order valence-electron chi connectivity index (χ3n) is 3.29. The Labute approximate surface area is 125 Å². The van der Waals surface area contributed by atoms with E-state index in [2.05, 4.69) is 4.72 Å². The Bertz CT molecular complexity index is 585. The molecule has 0 saturated heterocycles. The van der Waals surface area contributed by atoms with E-state index < -0.39 is 16.1 Å². The van der Waals surface area contributed by atoms with Gasteiger partial charge in [-0.1, -0.05) is 20.3 Å². The number of carbonyl (C=O) groups excluding carboxylic acids is 1. The first-order valence-electron chi connectivity index (χ1n) is 6.51. The first kappa shape index (κ1) is 17.5. The van der Waals surface area contributed by atoms with Crippen LogP contribution in [-0.2, 0) is 14.8 Å². The summed E-state index contributed by atoms with van der Waals surface area (Å²) in [5, 5.41) is 0. The first-order valence-corrected chi connectivity index (χ1v) is 8.00. The van der Waals surface area contributed by atoms with Crippen LogP contribution < -0.4 is 14.2 Å². The molecule has 0 aromatic heterocycles. The van der Waals surface area contributed by atoms with Crippen LogP contribution in [0.2, 0.25) is 0 Å². The number of rotatable bonds is 8. The highest BCUT2D eigenvalue weighted by molar-refractivity contribution is 7.89. The Morgan fingerprint density at radius 2 is 1.86 bits per heavy atom. The zero-order valence-corrected chi connectivity index (χ0v) is 13.4. The quantitative estimate of drug-likeness (QED) is 0.786. The third kappa shape index (κ3) is 4.18. The van der Waals surface area contributed by atoms with Crippen LogP contribution in [0.4, 0.5) is 0 Å². The van der Waals surface area contributed by atoms with E-state index in [0.717, 1.165) is 0 Å². The van der Waals surface area contributed by atoms with Gasteiger partial charge in [0.2, 0.25) is 16.3 Å². The highest BCUT2D eigenvalue weighted by atomic mass is 32.2. The van der Waals surface area contributed by atoms with Crippen LogP contribution in [0.15, 0.2) is 23.1 Å². The Hall–Kier alpha value is -1.60. The topological polar surface area (TPSA) is 81.7 Å². The highest BCUT2D eigenvalue weighted by Gasteiger charge is 2.25. The third-order valence-corrected chi connectivity index (χ3v) is 4.73. The normalized spacial score (nSPS) is 14.3. The van der Waals surface area contributed by atoms with Crippen LogP contribution in [0, 0.1) is 5.92 Å². The molecule has 0 aliphatic heterocycles. The lowest BCUT2D eigenvalue weighted by Crippen LogP contribution is -2.40. The summed E-state index contributed by atoms with van der Waals surface area (Å²) in [6, 6.07) is 3.35. The molecule has 21 heavy (non-hydrogen) atoms. The summed E-state index contributed by atoms with van der Waals surface area (Å²) in [5.41, 5.74) is 0. The number of hydrogen-bond acceptors (Lipinski definition) is 5. The molecule has 0 unspecified atom stereocenters. The molecule has 0 amide bonds. The van der Waals surface area contributed by atoms with E-state index in [4.69, 9.17) is 9.47 Å². The fraction of sp³-hybridized carbons (Fsp3) is 0.500. The molecule has 0 saturated carbocycles. The maximum atomic E-state index is 12.3. The molecular formula is C14H20NO5S. The van der Waals surface area contributed by atoms with Crippen molar-refractivity contribution in [3.8, 4) is 11.5 Å². The van der Waals surface area contributed by atoms with Gasteiger partial charge in [0.1, 0.15) is 0 Å². The molecule has 117 valence electrons. The van der Waals surface area contributed by atoms with Gasteiger partial charge >= 0.3 is 0 Å². The lowest BCUT2D eigenvalue weighted by atomic mass is 10.0. The minimum atomic E-state index is -3.83. The van der Waals surface area contributed by atoms with Crippen LogP contribution in [0.5, 0.6) is 11.5 Å². The summed E-state index contributed by atoms with van der Waals surface area (Å²) in [6.07, 6.45) is 2.39. The molecular weight excluding hydrogens is 294 g/mol. The van der Waals surface area contributed by atoms with Crippen LogP contribution in [0.3, 0.4) is 0 Å². The zero-order chi connectivity index (χ0) is 16.0. The molecule has 1 aromatic rings. The van der Waals surface area contributed by atoms with Gasteiger partial charge in [-0.3, -0.25) is 4.79 Å². The van der Waals surface area contributed by atoms with Crippen molar-refractivity contribution in [3.63, 3.8) is 0 Å². The maximum Gasteiger partial charge on any atom is 0.241 e. The molecule has 1 radical (unpaired) electrons. The SMILES string of the molecule is CC[C@H](C)[C@@H]([C]=O)NS(=O)(=O)c1ccc(OC)c(OC)c1. The molecule has 0 bridgehead atoms. The predicted molar refractivity (Wildman–Crippen MR) is 78.8 cm³/mol. The Morgan fingerprint density at radius 1 is 1.24 bits per heavy atom. The second-order valence-corrected chi connectivity index (χ2v) is 6.33. The fourth-order valence-corrected chi connectivity index (χ4v) is 2.97. The van der Waals surface area contributed by atoms with Gasteiger partial charge in [-0.05, 0) is 18.1 Å². The van der Waals surface area contributed by atoms with Crippen molar-refractivity contribution < 1.29 is 22.7 Å². The van der Waals surface area contributed by atoms with E-state index >= 15 is 0 Å². The number of benzene rings is 1. The smallest absolute Gasteiger partial charge is 0.241 e. The molecule has 0 fully saturated rings. The van der Waals surface area contributed by atoms with Gasteiger partial charge in [0, 0.05) is 6.07 Å². The largest absolute Gasteiger partial charge is 0.493 e. The molecule has 0 aliphatic carbocycles. The van der Waals surface area contributed by atoms with E-state index in [-0.39, 0.29) is 10.8 Å². The fourth-order valence-electron chi connectivity index (χ4n) is 1.71. The number of nitrogens with one attached hydrogen (secondary N) is 1. The van der Waals surface area contributed by atoms with Gasteiger partial charge in [0.05, 0.1) is 25.2 Å². The molecule has 7 heteroatoms. The summed E-state index contributed by atoms with van der Waals surface area (Å²) in [5.74, 6) is 0.588. The van der Waals surface area contributed by atoms with E-state index in [1.807, 2.05) is 6.92 Å². The average molecular weight is 314 g/mol. The minimum Gasteiger partial charge on any atom is -0.493 e. The van der Waals surface area contributed by atoms with E-state index in [1.165, 1.54) is 32.4 Å². The van der Waals surface area contributed by atoms with Gasteiger partial charge in [0.25, 0.3) is 0 Å². The Balaban J connectivity index is 3.10. The number of sulfonamides is 1. The van der Waals surface area contributed by atoms with E-state index in [9.17, 15) is 13.2 Å². The van der Waals surface area contributed by atoms with Gasteiger partial charge in [0.15, 0.2) is 11.5 Å². The van der Waals surface area contributed by atoms with Gasteiger partial charge in [-0.2, -0.15) is 4.72 Å². The molecule has 2 atom stereocenters. The summed E-state index contributed by atoms with van der Waals surface area (Å²) in [4.78, 5) is 10.9. The highest BCUT2D eigenvalue weighted by Crippen LogP contribution is 2.29. The summed E-state index contributed by atoms with van der Waals surface area (Å²) in [7, 11) is -0.950. The summed E-state index contributed by atoms with van der Waals surface area (Å²) >= 11 is 0. The molecule has 1 N–H and O–H groups in total. The van der Waals surface area contributed by atoms with Gasteiger partial charge in [-0.25, -0.2) is 8.42 Å². The van der Waals surface area contributed by atoms with Gasteiger partial charge < -0.3 is 9.47 Å². The van der Waals surface area contributed by atoms with Crippen LogP contribution in [0.25, 0.3) is 0 Å². The van der Waals surface area contributed by atoms with Crippen molar-refractivity contribution in [1.29, 1.82) is 0 Å². The van der Waals surface area contributed by atoms with Crippen molar-refractivity contribution in [1.82, 2.24) is 4.72 Å². The average Bonchev–Trinajstić information content (AvgIpc) is 2.50. The number of ether oxygens (including phenoxy) is 2. The van der Waals surface area contributed by atoms with Crippen molar-refractivity contribution in [2.45, 2.75) is 31.2 Å². The molecule has 0 aliphatic rings. The van der Waals surface area contributed by atoms with E-state index in [0.29, 0.717) is 17.9 Å². The predicted octanol–water partition coefficient (Wildman–Crippen LogP) is 1.51. The van der Waals surface area contributed by atoms with Crippen LogP contribution >= 0.6 is 0 Å². The summed E-state index contributed by atoms with van der Waals surface area (Å²) < 4.78 is 37.1. The standard InChI is InChI=1S/C14H20NO5S/c1-5-10(2)12(9-16)15-21(17,18)11-6-7-13(19-3)14(8-11)20-4/h6-8,10,12,15H,5H2,1-4H3/t10-,12+/m0/s1. The Kier molecular flexibility index (Phi) is 6.17. The number of hydrogen-bond donors (Lipinski definition) is 1. The molecule has 1 rings (SSSR count). The van der Waals surface area contributed by atoms with Crippen molar-refractivity contribution in [2.75, 3.05) is 14.2 Å². The van der Waals surface area contributed by atoms with Crippen molar-refractivity contribution in [3.05, 3.63) is 18.2 Å². The second kappa shape index (κ2) is 7.42. The van der Waals surface area contributed by atoms with Crippen molar-refractivity contribution in [2.24, 2.45) is 5.92 Å². The zero-order valence-electron chi connectivity index (χ0n) is 12.5. The van der Waals surface area contributed by atoms with Crippen molar-refractivity contribution >= 4 is 16.3 Å². The molecule has 0 heterocycles. The molecule has 0 spiro atoms. The maximum absolute atomic E-state index is 12.3. The lowest BCUT2D eigenvalue weighted by molar-refractivity contribution is 0.354. The molecule has 6 nitrogen and oxygen atoms in total. The minimum absolute atomic E-state index is 0.00343. The van der Waals surface area contributed by atoms with E-state index in [1.54, 1.807) is 13.2 Å². The van der Waals surface area contributed by atoms with Gasteiger partial charge in [-0.15, -0.1) is 0 Å². The first-order chi connectivity index (χ1) is 9.89. The second-order valence-electron chi connectivity index (χ2n) is 4.62. The Morgan fingerprint density at radius 3 is 2.33 bits per heavy atom. The summed E-state index contributed by atoms with van der Waals surface area (Å²) in [6.45, 7) is 3.66.